The molecule has 1 aliphatic heterocycles. The number of piperidine rings is 1. The molecule has 0 spiro atoms. The number of hydrogen-bond acceptors (Lipinski definition) is 6. The number of urea groups is 1. The van der Waals surface area contributed by atoms with Crippen molar-refractivity contribution in [1.82, 2.24) is 10.2 Å². The van der Waals surface area contributed by atoms with E-state index in [4.69, 9.17) is 19.9 Å². The summed E-state index contributed by atoms with van der Waals surface area (Å²) in [6.45, 7) is 12.8. The van der Waals surface area contributed by atoms with E-state index in [1.807, 2.05) is 13.8 Å². The van der Waals surface area contributed by atoms with Crippen LogP contribution in [0.15, 0.2) is 23.2 Å². The van der Waals surface area contributed by atoms with Crippen LogP contribution in [0.25, 0.3) is 0 Å². The van der Waals surface area contributed by atoms with E-state index in [1.54, 1.807) is 31.7 Å². The number of carbonyl (C=O) groups is 3. The molecule has 0 aromatic heterocycles. The van der Waals surface area contributed by atoms with E-state index in [0.29, 0.717) is 43.1 Å². The third-order valence-electron chi connectivity index (χ3n) is 6.90. The Labute approximate surface area is 236 Å². The van der Waals surface area contributed by atoms with Crippen molar-refractivity contribution in [2.75, 3.05) is 26.8 Å². The maximum atomic E-state index is 14.9. The van der Waals surface area contributed by atoms with Gasteiger partial charge in [0.05, 0.1) is 13.7 Å². The van der Waals surface area contributed by atoms with E-state index in [-0.39, 0.29) is 23.9 Å². The second-order valence-corrected chi connectivity index (χ2v) is 11.6. The first-order valence-corrected chi connectivity index (χ1v) is 13.8. The van der Waals surface area contributed by atoms with E-state index in [0.717, 1.165) is 19.3 Å². The first-order chi connectivity index (χ1) is 18.7. The normalized spacial score (nSPS) is 16.3. The van der Waals surface area contributed by atoms with Gasteiger partial charge in [-0.3, -0.25) is 0 Å². The molecule has 0 saturated carbocycles. The number of nitrogens with one attached hydrogen (secondary N) is 1. The molecule has 11 heteroatoms. The van der Waals surface area contributed by atoms with Crippen molar-refractivity contribution >= 4 is 23.9 Å². The molecule has 1 aromatic rings. The first-order valence-electron chi connectivity index (χ1n) is 13.8. The van der Waals surface area contributed by atoms with Gasteiger partial charge in [-0.2, -0.15) is 4.99 Å². The zero-order valence-corrected chi connectivity index (χ0v) is 24.8. The van der Waals surface area contributed by atoms with Crippen LogP contribution < -0.4 is 15.8 Å². The molecule has 0 unspecified atom stereocenters. The van der Waals surface area contributed by atoms with Crippen LogP contribution in [0, 0.1) is 23.6 Å². The second kappa shape index (κ2) is 14.9. The van der Waals surface area contributed by atoms with Gasteiger partial charge in [0.15, 0.2) is 0 Å². The Balaban J connectivity index is 1.85. The number of alkyl carbamates (subject to hydrolysis) is 1. The van der Waals surface area contributed by atoms with Crippen LogP contribution in [0.5, 0.6) is 5.75 Å². The molecule has 0 radical (unpaired) electrons. The van der Waals surface area contributed by atoms with E-state index < -0.39 is 29.5 Å². The summed E-state index contributed by atoms with van der Waals surface area (Å²) >= 11 is 0. The monoisotopic (exact) mass is 564 g/mol. The summed E-state index contributed by atoms with van der Waals surface area (Å²) in [4.78, 5) is 42.4. The fourth-order valence-corrected chi connectivity index (χ4v) is 4.36. The summed E-state index contributed by atoms with van der Waals surface area (Å²) in [5.41, 5.74) is 5.30. The zero-order valence-electron chi connectivity index (χ0n) is 24.8. The number of esters is 1. The number of aliphatic imine (C=N–C) groups is 1. The van der Waals surface area contributed by atoms with Crippen LogP contribution in [0.3, 0.4) is 0 Å². The fourth-order valence-electron chi connectivity index (χ4n) is 4.36. The highest BCUT2D eigenvalue weighted by Gasteiger charge is 2.28. The average molecular weight is 565 g/mol. The minimum absolute atomic E-state index is 0.0316. The molecule has 1 fully saturated rings. The van der Waals surface area contributed by atoms with Gasteiger partial charge in [0.2, 0.25) is 0 Å². The lowest BCUT2D eigenvalue weighted by Crippen LogP contribution is -2.45. The lowest BCUT2D eigenvalue weighted by molar-refractivity contribution is -0.143. The third-order valence-corrected chi connectivity index (χ3v) is 6.90. The molecule has 3 N–H and O–H groups in total. The third kappa shape index (κ3) is 10.7. The van der Waals surface area contributed by atoms with Crippen molar-refractivity contribution in [3.63, 3.8) is 0 Å². The van der Waals surface area contributed by atoms with Crippen molar-refractivity contribution in [3.05, 3.63) is 29.6 Å². The Morgan fingerprint density at radius 1 is 1.18 bits per heavy atom. The smallest absolute Gasteiger partial charge is 0.408 e. The highest BCUT2D eigenvalue weighted by molar-refractivity contribution is 5.93. The minimum atomic E-state index is -1.11. The van der Waals surface area contributed by atoms with Gasteiger partial charge in [-0.15, -0.1) is 0 Å². The molecule has 2 atom stereocenters. The number of rotatable bonds is 10. The number of amidine groups is 1. The van der Waals surface area contributed by atoms with Gasteiger partial charge in [-0.05, 0) is 63.5 Å². The lowest BCUT2D eigenvalue weighted by atomic mass is 9.84. The Morgan fingerprint density at radius 2 is 1.82 bits per heavy atom. The number of likely N-dealkylation sites (tertiary alicyclic amines) is 1. The Kier molecular flexibility index (Phi) is 12.2. The quantitative estimate of drug-likeness (QED) is 0.239. The van der Waals surface area contributed by atoms with Gasteiger partial charge in [-0.25, -0.2) is 18.8 Å². The van der Waals surface area contributed by atoms with Gasteiger partial charge in [0.1, 0.15) is 29.0 Å². The van der Waals surface area contributed by atoms with Crippen molar-refractivity contribution < 1.29 is 33.0 Å². The van der Waals surface area contributed by atoms with Gasteiger partial charge in [-0.1, -0.05) is 26.8 Å². The van der Waals surface area contributed by atoms with Crippen LogP contribution in [-0.2, 0) is 20.7 Å². The van der Waals surface area contributed by atoms with Crippen molar-refractivity contribution in [2.24, 2.45) is 28.5 Å². The van der Waals surface area contributed by atoms with E-state index in [1.165, 1.54) is 19.2 Å². The molecule has 40 heavy (non-hydrogen) atoms. The Morgan fingerprint density at radius 3 is 2.38 bits per heavy atom. The predicted octanol–water partition coefficient (Wildman–Crippen LogP) is 4.68. The molecule has 3 amide bonds. The van der Waals surface area contributed by atoms with Crippen molar-refractivity contribution in [3.8, 4) is 5.75 Å². The molecule has 224 valence electrons. The zero-order chi connectivity index (χ0) is 30.0. The Bertz CT molecular complexity index is 1050. The molecular formula is C29H45FN4O6. The van der Waals surface area contributed by atoms with Crippen molar-refractivity contribution in [1.29, 1.82) is 0 Å². The standard InChI is InChI=1S/C29H45FN4O6/c1-18(2)25(31)33-27(36)34-13-10-20(11-14-34)19(3)12-15-39-22-9-8-21(23(30)17-22)16-24(26(35)38-7)32-28(37)40-29(4,5)6/h8-9,17-20,24H,10-16H2,1-7H3,(H,32,37)(H2,31,33,36)/t19-,24+/m1/s1. The summed E-state index contributed by atoms with van der Waals surface area (Å²) in [5.74, 6) is 0.317. The molecule has 0 aliphatic carbocycles. The molecule has 1 heterocycles. The number of amides is 3. The summed E-state index contributed by atoms with van der Waals surface area (Å²) < 4.78 is 30.6. The number of halogens is 1. The van der Waals surface area contributed by atoms with Crippen LogP contribution >= 0.6 is 0 Å². The number of hydrogen-bond donors (Lipinski definition) is 2. The maximum absolute atomic E-state index is 14.9. The number of nitrogens with zero attached hydrogens (tertiary/aromatic N) is 2. The average Bonchev–Trinajstić information content (AvgIpc) is 2.87. The Hall–Kier alpha value is -3.37. The van der Waals surface area contributed by atoms with Gasteiger partial charge in [0.25, 0.3) is 0 Å². The molecule has 0 bridgehead atoms. The number of ether oxygens (including phenoxy) is 3. The van der Waals surface area contributed by atoms with Crippen LogP contribution in [-0.4, -0.2) is 67.3 Å². The van der Waals surface area contributed by atoms with Gasteiger partial charge < -0.3 is 30.2 Å². The highest BCUT2D eigenvalue weighted by atomic mass is 19.1. The van der Waals surface area contributed by atoms with Gasteiger partial charge in [0, 0.05) is 31.5 Å². The number of nitrogens with two attached hydrogens (primary N) is 1. The summed E-state index contributed by atoms with van der Waals surface area (Å²) in [7, 11) is 1.20. The van der Waals surface area contributed by atoms with E-state index in [2.05, 4.69) is 17.2 Å². The molecule has 1 saturated heterocycles. The summed E-state index contributed by atoms with van der Waals surface area (Å²) in [6, 6.07) is 3.06. The first kappa shape index (κ1) is 32.8. The largest absolute Gasteiger partial charge is 0.493 e. The SMILES string of the molecule is COC(=O)[C@H](Cc1ccc(OCC[C@@H](C)C2CCN(C(=O)N=C(N)C(C)C)CC2)cc1F)NC(=O)OC(C)(C)C. The molecule has 1 aliphatic rings. The van der Waals surface area contributed by atoms with Crippen LogP contribution in [0.2, 0.25) is 0 Å². The topological polar surface area (TPSA) is 133 Å². The minimum Gasteiger partial charge on any atom is -0.493 e. The second-order valence-electron chi connectivity index (χ2n) is 11.6. The summed E-state index contributed by atoms with van der Waals surface area (Å²) in [6.07, 6.45) is 1.65. The number of benzene rings is 1. The summed E-state index contributed by atoms with van der Waals surface area (Å²) in [5, 5.41) is 2.45. The molecule has 1 aromatic carbocycles. The number of carbonyl (C=O) groups excluding carboxylic acids is 3. The lowest BCUT2D eigenvalue weighted by Gasteiger charge is -2.34. The maximum Gasteiger partial charge on any atom is 0.408 e. The molecule has 10 nitrogen and oxygen atoms in total. The fraction of sp³-hybridized carbons (Fsp3) is 0.655. The highest BCUT2D eigenvalue weighted by Crippen LogP contribution is 2.28. The van der Waals surface area contributed by atoms with E-state index >= 15 is 0 Å². The van der Waals surface area contributed by atoms with E-state index in [9.17, 15) is 18.8 Å². The van der Waals surface area contributed by atoms with Crippen molar-refractivity contribution in [2.45, 2.75) is 78.9 Å². The predicted molar refractivity (Wildman–Crippen MR) is 151 cm³/mol. The van der Waals surface area contributed by atoms with Gasteiger partial charge >= 0.3 is 18.1 Å². The van der Waals surface area contributed by atoms with Crippen LogP contribution in [0.4, 0.5) is 14.0 Å². The number of methoxy groups -OCH3 is 1. The van der Waals surface area contributed by atoms with Crippen LogP contribution in [0.1, 0.15) is 66.4 Å². The molecule has 2 rings (SSSR count). The molecular weight excluding hydrogens is 519 g/mol.